The Morgan fingerprint density at radius 2 is 1.58 bits per heavy atom. The number of carbonyl (C=O) groups excluding carboxylic acids is 1. The van der Waals surface area contributed by atoms with Gasteiger partial charge in [-0.2, -0.15) is 4.31 Å². The van der Waals surface area contributed by atoms with E-state index in [1.165, 1.54) is 5.56 Å². The molecule has 1 aliphatic rings. The maximum Gasteiger partial charge on any atom is 0.243 e. The van der Waals surface area contributed by atoms with Gasteiger partial charge in [0.25, 0.3) is 0 Å². The van der Waals surface area contributed by atoms with Crippen LogP contribution in [0.15, 0.2) is 41.3 Å². The summed E-state index contributed by atoms with van der Waals surface area (Å²) in [5.74, 6) is -0.0755. The van der Waals surface area contributed by atoms with Crippen LogP contribution in [0.25, 0.3) is 0 Å². The summed E-state index contributed by atoms with van der Waals surface area (Å²) < 4.78 is 28.3. The van der Waals surface area contributed by atoms with Gasteiger partial charge >= 0.3 is 0 Å². The maximum absolute atomic E-state index is 13.4. The van der Waals surface area contributed by atoms with Crippen LogP contribution in [0.1, 0.15) is 47.1 Å². The molecule has 3 rings (SSSR count). The summed E-state index contributed by atoms with van der Waals surface area (Å²) in [6.45, 7) is 9.08. The van der Waals surface area contributed by atoms with Gasteiger partial charge in [0.2, 0.25) is 15.9 Å². The zero-order chi connectivity index (χ0) is 22.6. The van der Waals surface area contributed by atoms with Gasteiger partial charge in [0.15, 0.2) is 0 Å². The fourth-order valence-corrected chi connectivity index (χ4v) is 6.39. The van der Waals surface area contributed by atoms with E-state index in [-0.39, 0.29) is 11.8 Å². The van der Waals surface area contributed by atoms with Crippen LogP contribution < -0.4 is 5.32 Å². The van der Waals surface area contributed by atoms with Crippen LogP contribution in [-0.2, 0) is 21.2 Å². The highest BCUT2D eigenvalue weighted by Gasteiger charge is 2.34. The summed E-state index contributed by atoms with van der Waals surface area (Å²) >= 11 is 0. The Hall–Kier alpha value is -2.18. The topological polar surface area (TPSA) is 66.5 Å². The minimum absolute atomic E-state index is 0.0453. The van der Waals surface area contributed by atoms with Crippen molar-refractivity contribution in [2.45, 2.75) is 58.3 Å². The zero-order valence-electron chi connectivity index (χ0n) is 19.1. The Labute approximate surface area is 186 Å². The minimum atomic E-state index is -3.57. The van der Waals surface area contributed by atoms with Crippen molar-refractivity contribution in [1.82, 2.24) is 9.62 Å². The highest BCUT2D eigenvalue weighted by atomic mass is 32.2. The average Bonchev–Trinajstić information content (AvgIpc) is 2.76. The van der Waals surface area contributed by atoms with E-state index >= 15 is 0 Å². The molecular weight excluding hydrogens is 408 g/mol. The van der Waals surface area contributed by atoms with E-state index < -0.39 is 10.0 Å². The van der Waals surface area contributed by atoms with Gasteiger partial charge in [-0.25, -0.2) is 8.42 Å². The number of hydrogen-bond acceptors (Lipinski definition) is 3. The molecule has 0 aliphatic carbocycles. The van der Waals surface area contributed by atoms with Crippen molar-refractivity contribution >= 4 is 15.9 Å². The molecule has 5 nitrogen and oxygen atoms in total. The average molecular weight is 443 g/mol. The zero-order valence-corrected chi connectivity index (χ0v) is 19.9. The van der Waals surface area contributed by atoms with Crippen molar-refractivity contribution < 1.29 is 13.2 Å². The van der Waals surface area contributed by atoms with Crippen LogP contribution >= 0.6 is 0 Å². The fraction of sp³-hybridized carbons (Fsp3) is 0.480. The number of rotatable bonds is 7. The Morgan fingerprint density at radius 1 is 1.00 bits per heavy atom. The largest absolute Gasteiger partial charge is 0.356 e. The molecule has 0 saturated carbocycles. The van der Waals surface area contributed by atoms with Crippen LogP contribution in [0.4, 0.5) is 0 Å². The number of aryl methyl sites for hydroxylation is 3. The molecule has 0 spiro atoms. The van der Waals surface area contributed by atoms with E-state index in [0.29, 0.717) is 37.4 Å². The number of carbonyl (C=O) groups is 1. The van der Waals surface area contributed by atoms with E-state index in [1.807, 2.05) is 52.0 Å². The fourth-order valence-electron chi connectivity index (χ4n) is 4.35. The van der Waals surface area contributed by atoms with Gasteiger partial charge in [-0.15, -0.1) is 0 Å². The highest BCUT2D eigenvalue weighted by Crippen LogP contribution is 2.31. The minimum Gasteiger partial charge on any atom is -0.356 e. The SMILES string of the molecule is Cc1cc(C)c(C)c(S(=O)(=O)N2CCC(C(=O)NCCCc3ccccc3)CC2)c1C. The van der Waals surface area contributed by atoms with E-state index in [4.69, 9.17) is 0 Å². The smallest absolute Gasteiger partial charge is 0.243 e. The van der Waals surface area contributed by atoms with Crippen LogP contribution in [0.3, 0.4) is 0 Å². The first-order chi connectivity index (χ1) is 14.7. The molecule has 1 amide bonds. The molecule has 31 heavy (non-hydrogen) atoms. The number of piperidine rings is 1. The molecular formula is C25H34N2O3S. The number of hydrogen-bond donors (Lipinski definition) is 1. The predicted octanol–water partition coefficient (Wildman–Crippen LogP) is 4.07. The summed E-state index contributed by atoms with van der Waals surface area (Å²) in [6.07, 6.45) is 2.96. The lowest BCUT2D eigenvalue weighted by Gasteiger charge is -2.31. The van der Waals surface area contributed by atoms with Gasteiger partial charge in [0.05, 0.1) is 4.90 Å². The van der Waals surface area contributed by atoms with Crippen molar-refractivity contribution in [2.24, 2.45) is 5.92 Å². The first kappa shape index (κ1) is 23.5. The molecule has 1 aliphatic heterocycles. The van der Waals surface area contributed by atoms with Crippen molar-refractivity contribution in [3.63, 3.8) is 0 Å². The number of sulfonamides is 1. The van der Waals surface area contributed by atoms with Crippen LogP contribution in [0.5, 0.6) is 0 Å². The summed E-state index contributed by atoms with van der Waals surface area (Å²) in [4.78, 5) is 13.0. The summed E-state index contributed by atoms with van der Waals surface area (Å²) in [7, 11) is -3.57. The summed E-state index contributed by atoms with van der Waals surface area (Å²) in [6, 6.07) is 12.3. The molecule has 0 bridgehead atoms. The van der Waals surface area contributed by atoms with Crippen LogP contribution in [0, 0.1) is 33.6 Å². The van der Waals surface area contributed by atoms with Gasteiger partial charge in [-0.1, -0.05) is 36.4 Å². The maximum atomic E-state index is 13.4. The Balaban J connectivity index is 1.55. The van der Waals surface area contributed by atoms with Crippen molar-refractivity contribution in [3.05, 3.63) is 64.2 Å². The third-order valence-electron chi connectivity index (χ3n) is 6.50. The second kappa shape index (κ2) is 9.96. The molecule has 1 fully saturated rings. The van der Waals surface area contributed by atoms with E-state index in [0.717, 1.165) is 35.1 Å². The molecule has 0 aromatic heterocycles. The Kier molecular flexibility index (Phi) is 7.55. The predicted molar refractivity (Wildman–Crippen MR) is 125 cm³/mol. The first-order valence-electron chi connectivity index (χ1n) is 11.1. The summed E-state index contributed by atoms with van der Waals surface area (Å²) in [5, 5.41) is 3.03. The molecule has 1 saturated heterocycles. The third-order valence-corrected chi connectivity index (χ3v) is 8.68. The van der Waals surface area contributed by atoms with Gasteiger partial charge < -0.3 is 5.32 Å². The highest BCUT2D eigenvalue weighted by molar-refractivity contribution is 7.89. The van der Waals surface area contributed by atoms with E-state index in [9.17, 15) is 13.2 Å². The number of amides is 1. The Morgan fingerprint density at radius 3 is 2.16 bits per heavy atom. The number of nitrogens with one attached hydrogen (secondary N) is 1. The molecule has 168 valence electrons. The molecule has 2 aromatic rings. The van der Waals surface area contributed by atoms with Crippen molar-refractivity contribution in [2.75, 3.05) is 19.6 Å². The molecule has 1 N–H and O–H groups in total. The van der Waals surface area contributed by atoms with E-state index in [2.05, 4.69) is 17.4 Å². The van der Waals surface area contributed by atoms with Gasteiger partial charge in [-0.05, 0) is 81.2 Å². The van der Waals surface area contributed by atoms with Crippen molar-refractivity contribution in [1.29, 1.82) is 0 Å². The lowest BCUT2D eigenvalue weighted by Crippen LogP contribution is -2.43. The van der Waals surface area contributed by atoms with Gasteiger partial charge in [0.1, 0.15) is 0 Å². The monoisotopic (exact) mass is 442 g/mol. The molecule has 2 aromatic carbocycles. The summed E-state index contributed by atoms with van der Waals surface area (Å²) in [5.41, 5.74) is 4.90. The Bertz CT molecular complexity index is 998. The van der Waals surface area contributed by atoms with E-state index in [1.54, 1.807) is 4.31 Å². The molecule has 6 heteroatoms. The van der Waals surface area contributed by atoms with Crippen LogP contribution in [-0.4, -0.2) is 38.3 Å². The second-order valence-electron chi connectivity index (χ2n) is 8.65. The second-order valence-corrected chi connectivity index (χ2v) is 10.5. The van der Waals surface area contributed by atoms with Gasteiger partial charge in [-0.3, -0.25) is 4.79 Å². The number of benzene rings is 2. The first-order valence-corrected chi connectivity index (χ1v) is 12.5. The molecule has 1 heterocycles. The number of nitrogens with zero attached hydrogens (tertiary/aromatic N) is 1. The van der Waals surface area contributed by atoms with Gasteiger partial charge in [0, 0.05) is 25.6 Å². The molecule has 0 atom stereocenters. The molecule has 0 radical (unpaired) electrons. The lowest BCUT2D eigenvalue weighted by molar-refractivity contribution is -0.126. The standard InChI is InChI=1S/C25H34N2O3S/c1-18-17-19(2)21(4)24(20(18)3)31(29,30)27-15-12-23(13-16-27)25(28)26-14-8-11-22-9-6-5-7-10-22/h5-7,9-10,17,23H,8,11-16H2,1-4H3,(H,26,28). The lowest BCUT2D eigenvalue weighted by atomic mass is 9.97. The normalized spacial score (nSPS) is 15.7. The molecule has 0 unspecified atom stereocenters. The third kappa shape index (κ3) is 5.36. The quantitative estimate of drug-likeness (QED) is 0.658. The van der Waals surface area contributed by atoms with Crippen LogP contribution in [0.2, 0.25) is 0 Å². The van der Waals surface area contributed by atoms with Crippen molar-refractivity contribution in [3.8, 4) is 0 Å².